The highest BCUT2D eigenvalue weighted by molar-refractivity contribution is 6.35. The topological polar surface area (TPSA) is 61.4 Å². The fourth-order valence-corrected chi connectivity index (χ4v) is 1.78. The molecule has 0 radical (unpaired) electrons. The highest BCUT2D eigenvalue weighted by atomic mass is 35.5. The minimum Gasteiger partial charge on any atom is -0.348 e. The van der Waals surface area contributed by atoms with Crippen molar-refractivity contribution in [2.24, 2.45) is 0 Å². The number of halogens is 1. The van der Waals surface area contributed by atoms with Crippen molar-refractivity contribution < 1.29 is 9.59 Å². The summed E-state index contributed by atoms with van der Waals surface area (Å²) in [6, 6.07) is 7.41. The second kappa shape index (κ2) is 8.55. The molecule has 1 aromatic carbocycles. The van der Waals surface area contributed by atoms with E-state index in [1.165, 1.54) is 0 Å². The number of hydrogen-bond donors (Lipinski definition) is 2. The van der Waals surface area contributed by atoms with Gasteiger partial charge in [0, 0.05) is 24.7 Å². The number of carbonyl (C=O) groups is 2. The first kappa shape index (κ1) is 16.5. The van der Waals surface area contributed by atoms with Gasteiger partial charge in [-0.25, -0.2) is 0 Å². The predicted molar refractivity (Wildman–Crippen MR) is 79.7 cm³/mol. The standard InChI is InChI=1S/C14H20ClN3O2/c1-18(2)9-8-17-14(20)13(19)16-7-6-11-4-3-5-12(15)10-11/h3-5,10H,6-9H2,1-2H3,(H,16,19)(H,17,20). The second-order valence-electron chi connectivity index (χ2n) is 4.69. The van der Waals surface area contributed by atoms with Gasteiger partial charge in [0.25, 0.3) is 0 Å². The molecule has 0 heterocycles. The zero-order valence-electron chi connectivity index (χ0n) is 11.8. The number of rotatable bonds is 6. The Hall–Kier alpha value is -1.59. The van der Waals surface area contributed by atoms with E-state index in [1.807, 2.05) is 37.2 Å². The molecule has 0 atom stereocenters. The maximum absolute atomic E-state index is 11.5. The monoisotopic (exact) mass is 297 g/mol. The molecule has 1 rings (SSSR count). The van der Waals surface area contributed by atoms with Gasteiger partial charge in [0.05, 0.1) is 0 Å². The molecule has 0 spiro atoms. The Labute approximate surface area is 124 Å². The normalized spacial score (nSPS) is 10.4. The fourth-order valence-electron chi connectivity index (χ4n) is 1.57. The third-order valence-corrected chi connectivity index (χ3v) is 2.87. The molecule has 0 aliphatic carbocycles. The molecule has 5 nitrogen and oxygen atoms in total. The smallest absolute Gasteiger partial charge is 0.309 e. The highest BCUT2D eigenvalue weighted by Gasteiger charge is 2.11. The van der Waals surface area contributed by atoms with Crippen LogP contribution in [-0.2, 0) is 16.0 Å². The van der Waals surface area contributed by atoms with Gasteiger partial charge in [-0.3, -0.25) is 9.59 Å². The summed E-state index contributed by atoms with van der Waals surface area (Å²) in [4.78, 5) is 24.9. The Kier molecular flexibility index (Phi) is 7.04. The van der Waals surface area contributed by atoms with Gasteiger partial charge in [0.2, 0.25) is 0 Å². The number of benzene rings is 1. The van der Waals surface area contributed by atoms with Gasteiger partial charge in [0.1, 0.15) is 0 Å². The van der Waals surface area contributed by atoms with Crippen molar-refractivity contribution in [3.8, 4) is 0 Å². The first-order valence-corrected chi connectivity index (χ1v) is 6.82. The Morgan fingerprint density at radius 3 is 2.40 bits per heavy atom. The average molecular weight is 298 g/mol. The minimum absolute atomic E-state index is 0.403. The van der Waals surface area contributed by atoms with E-state index in [0.717, 1.165) is 5.56 Å². The molecule has 0 aliphatic heterocycles. The van der Waals surface area contributed by atoms with Crippen molar-refractivity contribution >= 4 is 23.4 Å². The number of amides is 2. The lowest BCUT2D eigenvalue weighted by Crippen LogP contribution is -2.42. The summed E-state index contributed by atoms with van der Waals surface area (Å²) in [6.45, 7) is 1.55. The zero-order chi connectivity index (χ0) is 15.0. The largest absolute Gasteiger partial charge is 0.348 e. The summed E-state index contributed by atoms with van der Waals surface area (Å²) < 4.78 is 0. The van der Waals surface area contributed by atoms with Crippen LogP contribution in [0.4, 0.5) is 0 Å². The Morgan fingerprint density at radius 2 is 1.80 bits per heavy atom. The van der Waals surface area contributed by atoms with Crippen LogP contribution in [0.2, 0.25) is 5.02 Å². The van der Waals surface area contributed by atoms with E-state index in [4.69, 9.17) is 11.6 Å². The fraction of sp³-hybridized carbons (Fsp3) is 0.429. The van der Waals surface area contributed by atoms with Crippen molar-refractivity contribution in [3.63, 3.8) is 0 Å². The maximum Gasteiger partial charge on any atom is 0.309 e. The van der Waals surface area contributed by atoms with Crippen LogP contribution in [0.15, 0.2) is 24.3 Å². The van der Waals surface area contributed by atoms with Gasteiger partial charge in [-0.2, -0.15) is 0 Å². The molecule has 0 bridgehead atoms. The van der Waals surface area contributed by atoms with Gasteiger partial charge >= 0.3 is 11.8 Å². The van der Waals surface area contributed by atoms with Crippen LogP contribution in [0, 0.1) is 0 Å². The molecule has 0 aromatic heterocycles. The van der Waals surface area contributed by atoms with Crippen LogP contribution in [-0.4, -0.2) is 50.4 Å². The Bertz CT molecular complexity index is 463. The summed E-state index contributed by atoms with van der Waals surface area (Å²) in [6.07, 6.45) is 0.636. The lowest BCUT2D eigenvalue weighted by molar-refractivity contribution is -0.139. The van der Waals surface area contributed by atoms with Gasteiger partial charge in [-0.05, 0) is 38.2 Å². The Morgan fingerprint density at radius 1 is 1.15 bits per heavy atom. The first-order valence-electron chi connectivity index (χ1n) is 6.44. The number of hydrogen-bond acceptors (Lipinski definition) is 3. The second-order valence-corrected chi connectivity index (χ2v) is 5.13. The van der Waals surface area contributed by atoms with Crippen LogP contribution < -0.4 is 10.6 Å². The van der Waals surface area contributed by atoms with Crippen LogP contribution in [0.25, 0.3) is 0 Å². The van der Waals surface area contributed by atoms with E-state index in [1.54, 1.807) is 6.07 Å². The summed E-state index contributed by atoms with van der Waals surface area (Å²) in [5.41, 5.74) is 1.02. The van der Waals surface area contributed by atoms with E-state index >= 15 is 0 Å². The molecule has 6 heteroatoms. The highest BCUT2D eigenvalue weighted by Crippen LogP contribution is 2.10. The predicted octanol–water partition coefficient (Wildman–Crippen LogP) is 0.677. The zero-order valence-corrected chi connectivity index (χ0v) is 12.5. The van der Waals surface area contributed by atoms with Gasteiger partial charge in [0.15, 0.2) is 0 Å². The van der Waals surface area contributed by atoms with Gasteiger partial charge in [-0.1, -0.05) is 23.7 Å². The maximum atomic E-state index is 11.5. The SMILES string of the molecule is CN(C)CCNC(=O)C(=O)NCCc1cccc(Cl)c1. The summed E-state index contributed by atoms with van der Waals surface area (Å²) in [5, 5.41) is 5.80. The van der Waals surface area contributed by atoms with E-state index < -0.39 is 11.8 Å². The molecule has 0 saturated carbocycles. The molecule has 1 aromatic rings. The van der Waals surface area contributed by atoms with E-state index in [-0.39, 0.29) is 0 Å². The number of likely N-dealkylation sites (N-methyl/N-ethyl adjacent to an activating group) is 1. The molecule has 0 unspecified atom stereocenters. The molecule has 0 aliphatic rings. The van der Waals surface area contributed by atoms with E-state index in [0.29, 0.717) is 31.1 Å². The molecule has 0 saturated heterocycles. The lowest BCUT2D eigenvalue weighted by Gasteiger charge is -2.10. The number of nitrogens with one attached hydrogen (secondary N) is 2. The number of nitrogens with zero attached hydrogens (tertiary/aromatic N) is 1. The van der Waals surface area contributed by atoms with Crippen LogP contribution in [0.3, 0.4) is 0 Å². The minimum atomic E-state index is -0.606. The lowest BCUT2D eigenvalue weighted by atomic mass is 10.1. The van der Waals surface area contributed by atoms with Crippen LogP contribution >= 0.6 is 11.6 Å². The average Bonchev–Trinajstić information content (AvgIpc) is 2.38. The van der Waals surface area contributed by atoms with Crippen LogP contribution in [0.5, 0.6) is 0 Å². The molecule has 20 heavy (non-hydrogen) atoms. The third-order valence-electron chi connectivity index (χ3n) is 2.64. The molecule has 2 N–H and O–H groups in total. The van der Waals surface area contributed by atoms with Crippen LogP contribution in [0.1, 0.15) is 5.56 Å². The molecule has 0 fully saturated rings. The van der Waals surface area contributed by atoms with Crippen molar-refractivity contribution in [1.82, 2.24) is 15.5 Å². The van der Waals surface area contributed by atoms with E-state index in [2.05, 4.69) is 10.6 Å². The molecule has 2 amide bonds. The van der Waals surface area contributed by atoms with Crippen molar-refractivity contribution in [2.75, 3.05) is 33.7 Å². The summed E-state index contributed by atoms with van der Waals surface area (Å²) >= 11 is 5.86. The molecular weight excluding hydrogens is 278 g/mol. The van der Waals surface area contributed by atoms with Gasteiger partial charge < -0.3 is 15.5 Å². The summed E-state index contributed by atoms with van der Waals surface area (Å²) in [7, 11) is 3.80. The molecule has 110 valence electrons. The van der Waals surface area contributed by atoms with E-state index in [9.17, 15) is 9.59 Å². The van der Waals surface area contributed by atoms with Gasteiger partial charge in [-0.15, -0.1) is 0 Å². The quantitative estimate of drug-likeness (QED) is 0.759. The van der Waals surface area contributed by atoms with Crippen molar-refractivity contribution in [3.05, 3.63) is 34.9 Å². The van der Waals surface area contributed by atoms with Crippen molar-refractivity contribution in [2.45, 2.75) is 6.42 Å². The first-order chi connectivity index (χ1) is 9.49. The molecular formula is C14H20ClN3O2. The number of carbonyl (C=O) groups excluding carboxylic acids is 2. The Balaban J connectivity index is 2.24. The van der Waals surface area contributed by atoms with Crippen molar-refractivity contribution in [1.29, 1.82) is 0 Å². The third kappa shape index (κ3) is 6.54. The summed E-state index contributed by atoms with van der Waals surface area (Å²) in [5.74, 6) is -1.20.